The lowest BCUT2D eigenvalue weighted by Gasteiger charge is -2.15. The van der Waals surface area contributed by atoms with Crippen LogP contribution in [0, 0.1) is 13.8 Å². The number of rotatable bonds is 4. The Morgan fingerprint density at radius 1 is 1.30 bits per heavy atom. The van der Waals surface area contributed by atoms with E-state index in [0.717, 1.165) is 11.3 Å². The van der Waals surface area contributed by atoms with E-state index in [4.69, 9.17) is 4.42 Å². The Labute approximate surface area is 137 Å². The van der Waals surface area contributed by atoms with E-state index >= 15 is 0 Å². The monoisotopic (exact) mass is 328 g/mol. The third kappa shape index (κ3) is 3.14. The molecular weight excluding hydrogens is 312 g/mol. The largest absolute Gasteiger partial charge is 0.469 e. The number of carbonyl (C=O) groups is 1. The van der Waals surface area contributed by atoms with Gasteiger partial charge in [-0.1, -0.05) is 0 Å². The quantitative estimate of drug-likeness (QED) is 0.736. The molecule has 0 saturated carbocycles. The Morgan fingerprint density at radius 3 is 2.70 bits per heavy atom. The maximum absolute atomic E-state index is 12.7. The number of hydrogen-bond acceptors (Lipinski definition) is 6. The van der Waals surface area contributed by atoms with Gasteiger partial charge in [-0.3, -0.25) is 4.79 Å². The lowest BCUT2D eigenvalue weighted by molar-refractivity contribution is 0.0788. The van der Waals surface area contributed by atoms with Crippen molar-refractivity contribution in [2.24, 2.45) is 0 Å². The Morgan fingerprint density at radius 2 is 2.04 bits per heavy atom. The average Bonchev–Trinajstić information content (AvgIpc) is 3.14. The molecule has 3 aromatic heterocycles. The normalized spacial score (nSPS) is 10.7. The summed E-state index contributed by atoms with van der Waals surface area (Å²) in [4.78, 5) is 27.7. The van der Waals surface area contributed by atoms with Crippen LogP contribution in [-0.2, 0) is 6.54 Å². The summed E-state index contributed by atoms with van der Waals surface area (Å²) in [5, 5.41) is 0.652. The molecule has 118 valence electrons. The molecule has 0 aromatic carbocycles. The molecule has 0 fully saturated rings. The smallest absolute Gasteiger partial charge is 0.265 e. The molecule has 0 radical (unpaired) electrons. The van der Waals surface area contributed by atoms with Crippen molar-refractivity contribution in [3.05, 3.63) is 52.7 Å². The number of aryl methyl sites for hydroxylation is 2. The second-order valence-electron chi connectivity index (χ2n) is 5.17. The maximum Gasteiger partial charge on any atom is 0.265 e. The first-order valence-electron chi connectivity index (χ1n) is 7.09. The van der Waals surface area contributed by atoms with Crippen LogP contribution in [0.4, 0.5) is 0 Å². The number of thiazole rings is 1. The van der Waals surface area contributed by atoms with E-state index in [0.29, 0.717) is 27.9 Å². The van der Waals surface area contributed by atoms with E-state index in [1.807, 2.05) is 19.9 Å². The fourth-order valence-corrected chi connectivity index (χ4v) is 3.19. The first kappa shape index (κ1) is 15.4. The molecule has 0 N–H and O–H groups in total. The molecule has 3 aromatic rings. The van der Waals surface area contributed by atoms with Crippen molar-refractivity contribution < 1.29 is 9.21 Å². The summed E-state index contributed by atoms with van der Waals surface area (Å²) >= 11 is 1.32. The first-order chi connectivity index (χ1) is 11.1. The van der Waals surface area contributed by atoms with Crippen LogP contribution in [0.25, 0.3) is 10.8 Å². The van der Waals surface area contributed by atoms with E-state index in [9.17, 15) is 4.79 Å². The van der Waals surface area contributed by atoms with Crippen LogP contribution in [0.3, 0.4) is 0 Å². The Hall–Kier alpha value is -2.54. The molecule has 6 nitrogen and oxygen atoms in total. The summed E-state index contributed by atoms with van der Waals surface area (Å²) in [5.74, 6) is 1.29. The highest BCUT2D eigenvalue weighted by Crippen LogP contribution is 2.26. The minimum Gasteiger partial charge on any atom is -0.469 e. The second-order valence-corrected chi connectivity index (χ2v) is 6.17. The van der Waals surface area contributed by atoms with E-state index in [1.54, 1.807) is 36.7 Å². The number of aromatic nitrogens is 3. The fraction of sp³-hybridized carbons (Fsp3) is 0.250. The summed E-state index contributed by atoms with van der Waals surface area (Å²) in [7, 11) is 1.77. The molecule has 1 amide bonds. The highest BCUT2D eigenvalue weighted by atomic mass is 32.1. The summed E-state index contributed by atoms with van der Waals surface area (Å²) in [6.07, 6.45) is 4.95. The Kier molecular flexibility index (Phi) is 4.20. The Balaban J connectivity index is 1.82. The number of carbonyl (C=O) groups excluding carboxylic acids is 1. The SMILES string of the molecule is Cc1nc(-c2ncccn2)sc1C(=O)N(C)Cc1ccoc1C. The molecule has 0 aliphatic heterocycles. The van der Waals surface area contributed by atoms with Gasteiger partial charge in [0, 0.05) is 31.5 Å². The van der Waals surface area contributed by atoms with Gasteiger partial charge in [0.1, 0.15) is 10.6 Å². The lowest BCUT2D eigenvalue weighted by atomic mass is 10.2. The molecule has 0 aliphatic rings. The van der Waals surface area contributed by atoms with Crippen molar-refractivity contribution >= 4 is 17.2 Å². The third-order valence-electron chi connectivity index (χ3n) is 3.47. The summed E-state index contributed by atoms with van der Waals surface area (Å²) in [6.45, 7) is 4.21. The van der Waals surface area contributed by atoms with Crippen LogP contribution in [0.2, 0.25) is 0 Å². The first-order valence-corrected chi connectivity index (χ1v) is 7.91. The summed E-state index contributed by atoms with van der Waals surface area (Å²) in [5.41, 5.74) is 1.69. The van der Waals surface area contributed by atoms with Crippen molar-refractivity contribution in [1.82, 2.24) is 19.9 Å². The van der Waals surface area contributed by atoms with Gasteiger partial charge in [-0.05, 0) is 26.0 Å². The van der Waals surface area contributed by atoms with Gasteiger partial charge in [0.15, 0.2) is 10.8 Å². The molecule has 0 bridgehead atoms. The predicted octanol–water partition coefficient (Wildman–Crippen LogP) is 3.08. The zero-order valence-corrected chi connectivity index (χ0v) is 13.9. The van der Waals surface area contributed by atoms with Crippen molar-refractivity contribution in [3.63, 3.8) is 0 Å². The molecule has 0 unspecified atom stereocenters. The van der Waals surface area contributed by atoms with Gasteiger partial charge < -0.3 is 9.32 Å². The zero-order valence-electron chi connectivity index (χ0n) is 13.1. The standard InChI is InChI=1S/C16H16N4O2S/c1-10-13(23-15(19-10)14-17-6-4-7-18-14)16(21)20(3)9-12-5-8-22-11(12)2/h4-8H,9H2,1-3H3. The van der Waals surface area contributed by atoms with Crippen LogP contribution in [-0.4, -0.2) is 32.8 Å². The molecule has 0 aliphatic carbocycles. The predicted molar refractivity (Wildman–Crippen MR) is 87.1 cm³/mol. The summed E-state index contributed by atoms with van der Waals surface area (Å²) < 4.78 is 5.27. The molecule has 0 atom stereocenters. The van der Waals surface area contributed by atoms with Crippen molar-refractivity contribution in [2.75, 3.05) is 7.05 Å². The molecule has 7 heteroatoms. The minimum atomic E-state index is -0.0669. The zero-order chi connectivity index (χ0) is 16.4. The number of furan rings is 1. The molecule has 0 saturated heterocycles. The van der Waals surface area contributed by atoms with Gasteiger partial charge in [-0.15, -0.1) is 11.3 Å². The van der Waals surface area contributed by atoms with Gasteiger partial charge >= 0.3 is 0 Å². The molecule has 3 heterocycles. The molecular formula is C16H16N4O2S. The number of hydrogen-bond donors (Lipinski definition) is 0. The van der Waals surface area contributed by atoms with Crippen LogP contribution < -0.4 is 0 Å². The van der Waals surface area contributed by atoms with Crippen LogP contribution in [0.5, 0.6) is 0 Å². The van der Waals surface area contributed by atoms with E-state index in [1.165, 1.54) is 11.3 Å². The van der Waals surface area contributed by atoms with Gasteiger partial charge in [0.2, 0.25) is 0 Å². The number of amides is 1. The molecule has 3 rings (SSSR count). The van der Waals surface area contributed by atoms with E-state index in [2.05, 4.69) is 15.0 Å². The highest BCUT2D eigenvalue weighted by Gasteiger charge is 2.21. The van der Waals surface area contributed by atoms with E-state index < -0.39 is 0 Å². The highest BCUT2D eigenvalue weighted by molar-refractivity contribution is 7.17. The van der Waals surface area contributed by atoms with E-state index in [-0.39, 0.29) is 5.91 Å². The van der Waals surface area contributed by atoms with Crippen molar-refractivity contribution in [1.29, 1.82) is 0 Å². The minimum absolute atomic E-state index is 0.0669. The van der Waals surface area contributed by atoms with Gasteiger partial charge in [-0.2, -0.15) is 0 Å². The van der Waals surface area contributed by atoms with Gasteiger partial charge in [-0.25, -0.2) is 15.0 Å². The van der Waals surface area contributed by atoms with Crippen molar-refractivity contribution in [3.8, 4) is 10.8 Å². The fourth-order valence-electron chi connectivity index (χ4n) is 2.18. The van der Waals surface area contributed by atoms with Crippen molar-refractivity contribution in [2.45, 2.75) is 20.4 Å². The second kappa shape index (κ2) is 6.29. The molecule has 23 heavy (non-hydrogen) atoms. The van der Waals surface area contributed by atoms with Crippen LogP contribution in [0.15, 0.2) is 35.2 Å². The topological polar surface area (TPSA) is 72.1 Å². The average molecular weight is 328 g/mol. The van der Waals surface area contributed by atoms with Crippen LogP contribution in [0.1, 0.15) is 26.7 Å². The Bertz CT molecular complexity index is 826. The maximum atomic E-state index is 12.7. The third-order valence-corrected chi connectivity index (χ3v) is 4.61. The van der Waals surface area contributed by atoms with Gasteiger partial charge in [0.25, 0.3) is 5.91 Å². The lowest BCUT2D eigenvalue weighted by Crippen LogP contribution is -2.26. The molecule has 0 spiro atoms. The number of nitrogens with zero attached hydrogens (tertiary/aromatic N) is 4. The van der Waals surface area contributed by atoms with Gasteiger partial charge in [0.05, 0.1) is 12.0 Å². The summed E-state index contributed by atoms with van der Waals surface area (Å²) in [6, 6.07) is 3.62. The van der Waals surface area contributed by atoms with Crippen LogP contribution >= 0.6 is 11.3 Å².